The van der Waals surface area contributed by atoms with Gasteiger partial charge in [-0.3, -0.25) is 0 Å². The van der Waals surface area contributed by atoms with Crippen molar-refractivity contribution in [3.63, 3.8) is 0 Å². The van der Waals surface area contributed by atoms with Crippen LogP contribution >= 0.6 is 15.9 Å². The van der Waals surface area contributed by atoms with Crippen molar-refractivity contribution in [1.29, 1.82) is 0 Å². The molecule has 0 aromatic carbocycles. The molecule has 90 valence electrons. The topological polar surface area (TPSA) is 84.1 Å². The summed E-state index contributed by atoms with van der Waals surface area (Å²) in [6.07, 6.45) is 1.95. The normalized spacial score (nSPS) is 12.8. The van der Waals surface area contributed by atoms with Crippen LogP contribution in [-0.4, -0.2) is 27.7 Å². The predicted molar refractivity (Wildman–Crippen MR) is 68.1 cm³/mol. The van der Waals surface area contributed by atoms with Gasteiger partial charge in [0.15, 0.2) is 0 Å². The number of nitrogens with one attached hydrogen (secondary N) is 1. The molecule has 1 atom stereocenters. The first-order valence-corrected chi connectivity index (χ1v) is 5.98. The van der Waals surface area contributed by atoms with E-state index in [-0.39, 0.29) is 12.1 Å². The minimum absolute atomic E-state index is 0.212. The summed E-state index contributed by atoms with van der Waals surface area (Å²) >= 11 is 3.31. The fourth-order valence-electron chi connectivity index (χ4n) is 1.35. The lowest BCUT2D eigenvalue weighted by atomic mass is 10.1. The molecule has 0 saturated carbocycles. The molecule has 0 aliphatic rings. The number of hydrogen-bond acceptors (Lipinski definition) is 5. The molecule has 1 aromatic rings. The Morgan fingerprint density at radius 1 is 1.56 bits per heavy atom. The highest BCUT2D eigenvalue weighted by Crippen LogP contribution is 2.19. The van der Waals surface area contributed by atoms with Gasteiger partial charge in [-0.25, -0.2) is 4.98 Å². The van der Waals surface area contributed by atoms with Gasteiger partial charge in [0, 0.05) is 12.7 Å². The standard InChI is InChI=1S/C10H17BrN4O/c1-6(2)3-7(16)4-13-9-8(11)5-14-10(12)15-9/h5-7,16H,3-4H2,1-2H3,(H3,12,13,14,15). The largest absolute Gasteiger partial charge is 0.391 e. The second-order valence-electron chi connectivity index (χ2n) is 4.09. The third kappa shape index (κ3) is 4.32. The number of aliphatic hydroxyl groups excluding tert-OH is 1. The molecular weight excluding hydrogens is 272 g/mol. The van der Waals surface area contributed by atoms with Gasteiger partial charge in [0.2, 0.25) is 5.95 Å². The maximum absolute atomic E-state index is 9.69. The van der Waals surface area contributed by atoms with Crippen molar-refractivity contribution in [2.75, 3.05) is 17.6 Å². The lowest BCUT2D eigenvalue weighted by Gasteiger charge is -2.14. The van der Waals surface area contributed by atoms with E-state index in [1.807, 2.05) is 0 Å². The number of nitrogens with zero attached hydrogens (tertiary/aromatic N) is 2. The monoisotopic (exact) mass is 288 g/mol. The Morgan fingerprint density at radius 3 is 2.88 bits per heavy atom. The number of halogens is 1. The molecule has 1 rings (SSSR count). The van der Waals surface area contributed by atoms with Crippen molar-refractivity contribution >= 4 is 27.7 Å². The molecule has 0 fully saturated rings. The number of nitrogens with two attached hydrogens (primary N) is 1. The SMILES string of the molecule is CC(C)CC(O)CNc1nc(N)ncc1Br. The van der Waals surface area contributed by atoms with Crippen molar-refractivity contribution in [3.8, 4) is 0 Å². The highest BCUT2D eigenvalue weighted by atomic mass is 79.9. The Hall–Kier alpha value is -0.880. The minimum atomic E-state index is -0.386. The van der Waals surface area contributed by atoms with Crippen molar-refractivity contribution < 1.29 is 5.11 Å². The molecule has 1 aromatic heterocycles. The van der Waals surface area contributed by atoms with E-state index in [9.17, 15) is 5.11 Å². The van der Waals surface area contributed by atoms with Crippen LogP contribution in [0, 0.1) is 5.92 Å². The molecule has 0 saturated heterocycles. The molecule has 0 amide bonds. The summed E-state index contributed by atoms with van der Waals surface area (Å²) in [5.74, 6) is 1.29. The van der Waals surface area contributed by atoms with Crippen LogP contribution < -0.4 is 11.1 Å². The van der Waals surface area contributed by atoms with E-state index in [2.05, 4.69) is 45.1 Å². The van der Waals surface area contributed by atoms with Crippen LogP contribution in [0.15, 0.2) is 10.7 Å². The molecule has 16 heavy (non-hydrogen) atoms. The molecule has 1 unspecified atom stereocenters. The van der Waals surface area contributed by atoms with Crippen LogP contribution in [0.2, 0.25) is 0 Å². The van der Waals surface area contributed by atoms with Crippen LogP contribution in [0.25, 0.3) is 0 Å². The molecular formula is C10H17BrN4O. The quantitative estimate of drug-likeness (QED) is 0.767. The number of anilines is 2. The van der Waals surface area contributed by atoms with Gasteiger partial charge in [-0.1, -0.05) is 13.8 Å². The summed E-state index contributed by atoms with van der Waals surface area (Å²) in [6, 6.07) is 0. The highest BCUT2D eigenvalue weighted by molar-refractivity contribution is 9.10. The average molecular weight is 289 g/mol. The number of aromatic nitrogens is 2. The molecule has 5 nitrogen and oxygen atoms in total. The second-order valence-corrected chi connectivity index (χ2v) is 4.94. The van der Waals surface area contributed by atoms with E-state index in [1.165, 1.54) is 0 Å². The van der Waals surface area contributed by atoms with Gasteiger partial charge < -0.3 is 16.2 Å². The number of aliphatic hydroxyl groups is 1. The van der Waals surface area contributed by atoms with E-state index in [0.717, 1.165) is 10.9 Å². The summed E-state index contributed by atoms with van der Waals surface area (Å²) in [5.41, 5.74) is 5.47. The fraction of sp³-hybridized carbons (Fsp3) is 0.600. The van der Waals surface area contributed by atoms with Gasteiger partial charge in [-0.2, -0.15) is 4.98 Å². The molecule has 0 aliphatic heterocycles. The lowest BCUT2D eigenvalue weighted by molar-refractivity contribution is 0.161. The van der Waals surface area contributed by atoms with Gasteiger partial charge in [0.05, 0.1) is 10.6 Å². The molecule has 0 aliphatic carbocycles. The molecule has 0 spiro atoms. The van der Waals surface area contributed by atoms with E-state index >= 15 is 0 Å². The van der Waals surface area contributed by atoms with Gasteiger partial charge in [0.1, 0.15) is 5.82 Å². The lowest BCUT2D eigenvalue weighted by Crippen LogP contribution is -2.22. The Bertz CT molecular complexity index is 346. The third-order valence-electron chi connectivity index (χ3n) is 2.01. The zero-order chi connectivity index (χ0) is 12.1. The molecule has 0 radical (unpaired) electrons. The van der Waals surface area contributed by atoms with E-state index < -0.39 is 0 Å². The molecule has 6 heteroatoms. The van der Waals surface area contributed by atoms with E-state index in [0.29, 0.717) is 18.3 Å². The Balaban J connectivity index is 2.51. The Labute approximate surface area is 104 Å². The number of nitrogen functional groups attached to an aromatic ring is 1. The summed E-state index contributed by atoms with van der Waals surface area (Å²) in [7, 11) is 0. The summed E-state index contributed by atoms with van der Waals surface area (Å²) in [5, 5.41) is 12.7. The molecule has 0 bridgehead atoms. The first kappa shape index (κ1) is 13.2. The highest BCUT2D eigenvalue weighted by Gasteiger charge is 2.08. The minimum Gasteiger partial charge on any atom is -0.391 e. The number of hydrogen-bond donors (Lipinski definition) is 3. The van der Waals surface area contributed by atoms with Gasteiger partial charge in [-0.05, 0) is 28.3 Å². The van der Waals surface area contributed by atoms with Crippen LogP contribution in [0.5, 0.6) is 0 Å². The maximum atomic E-state index is 9.69. The van der Waals surface area contributed by atoms with Crippen LogP contribution in [0.1, 0.15) is 20.3 Å². The predicted octanol–water partition coefficient (Wildman–Crippen LogP) is 1.64. The van der Waals surface area contributed by atoms with Crippen molar-refractivity contribution in [3.05, 3.63) is 10.7 Å². The second kappa shape index (κ2) is 6.00. The first-order chi connectivity index (χ1) is 7.49. The maximum Gasteiger partial charge on any atom is 0.221 e. The zero-order valence-corrected chi connectivity index (χ0v) is 11.0. The van der Waals surface area contributed by atoms with Crippen LogP contribution in [-0.2, 0) is 0 Å². The first-order valence-electron chi connectivity index (χ1n) is 5.19. The van der Waals surface area contributed by atoms with Crippen molar-refractivity contribution in [2.24, 2.45) is 5.92 Å². The van der Waals surface area contributed by atoms with Gasteiger partial charge in [0.25, 0.3) is 0 Å². The third-order valence-corrected chi connectivity index (χ3v) is 2.59. The summed E-state index contributed by atoms with van der Waals surface area (Å²) in [6.45, 7) is 4.59. The smallest absolute Gasteiger partial charge is 0.221 e. The molecule has 1 heterocycles. The van der Waals surface area contributed by atoms with Crippen molar-refractivity contribution in [1.82, 2.24) is 9.97 Å². The Morgan fingerprint density at radius 2 is 2.25 bits per heavy atom. The van der Waals surface area contributed by atoms with E-state index in [1.54, 1.807) is 6.20 Å². The Kier molecular flexibility index (Phi) is 4.95. The average Bonchev–Trinajstić information content (AvgIpc) is 2.18. The van der Waals surface area contributed by atoms with Gasteiger partial charge in [-0.15, -0.1) is 0 Å². The van der Waals surface area contributed by atoms with E-state index in [4.69, 9.17) is 5.73 Å². The fourth-order valence-corrected chi connectivity index (χ4v) is 1.68. The van der Waals surface area contributed by atoms with Crippen molar-refractivity contribution in [2.45, 2.75) is 26.4 Å². The van der Waals surface area contributed by atoms with Crippen LogP contribution in [0.3, 0.4) is 0 Å². The molecule has 4 N–H and O–H groups in total. The summed E-state index contributed by atoms with van der Waals surface area (Å²) in [4.78, 5) is 7.85. The number of rotatable bonds is 5. The van der Waals surface area contributed by atoms with Gasteiger partial charge >= 0.3 is 0 Å². The summed E-state index contributed by atoms with van der Waals surface area (Å²) < 4.78 is 0.735. The zero-order valence-electron chi connectivity index (χ0n) is 9.44. The van der Waals surface area contributed by atoms with Crippen LogP contribution in [0.4, 0.5) is 11.8 Å².